The van der Waals surface area contributed by atoms with E-state index in [1.54, 1.807) is 0 Å². The SMILES string of the molecule is C=c1c(=C(C)C)oc2cc3c(c(Cc4ccccc4C)c12)/C=C\CC/C=C\3. The molecule has 1 heterocycles. The lowest BCUT2D eigenvalue weighted by atomic mass is 9.89. The Morgan fingerprint density at radius 2 is 1.81 bits per heavy atom. The van der Waals surface area contributed by atoms with Gasteiger partial charge in [-0.05, 0) is 79.5 Å². The first-order valence-corrected chi connectivity index (χ1v) is 9.68. The summed E-state index contributed by atoms with van der Waals surface area (Å²) in [5.41, 5.74) is 9.55. The van der Waals surface area contributed by atoms with Crippen LogP contribution in [-0.2, 0) is 6.42 Å². The maximum absolute atomic E-state index is 6.25. The van der Waals surface area contributed by atoms with Crippen molar-refractivity contribution in [3.05, 3.63) is 80.9 Å². The first-order valence-electron chi connectivity index (χ1n) is 9.68. The molecule has 1 nitrogen and oxygen atoms in total. The topological polar surface area (TPSA) is 13.1 Å². The maximum Gasteiger partial charge on any atom is 0.136 e. The summed E-state index contributed by atoms with van der Waals surface area (Å²) in [6.07, 6.45) is 12.1. The molecule has 0 saturated heterocycles. The molecule has 0 bridgehead atoms. The average molecular weight is 354 g/mol. The summed E-state index contributed by atoms with van der Waals surface area (Å²) in [5, 5.41) is 2.18. The zero-order valence-corrected chi connectivity index (χ0v) is 16.4. The highest BCUT2D eigenvalue weighted by atomic mass is 16.3. The summed E-state index contributed by atoms with van der Waals surface area (Å²) in [6, 6.07) is 10.8. The van der Waals surface area contributed by atoms with Crippen molar-refractivity contribution in [2.24, 2.45) is 0 Å². The molecule has 0 aliphatic heterocycles. The fourth-order valence-electron chi connectivity index (χ4n) is 3.97. The Morgan fingerprint density at radius 1 is 1.07 bits per heavy atom. The van der Waals surface area contributed by atoms with E-state index in [0.29, 0.717) is 0 Å². The second kappa shape index (κ2) is 7.08. The summed E-state index contributed by atoms with van der Waals surface area (Å²) in [4.78, 5) is 0. The van der Waals surface area contributed by atoms with E-state index in [9.17, 15) is 0 Å². The Morgan fingerprint density at radius 3 is 2.56 bits per heavy atom. The van der Waals surface area contributed by atoms with Crippen LogP contribution < -0.4 is 10.6 Å². The van der Waals surface area contributed by atoms with Gasteiger partial charge in [-0.25, -0.2) is 0 Å². The lowest BCUT2D eigenvalue weighted by Crippen LogP contribution is -2.20. The van der Waals surface area contributed by atoms with Crippen LogP contribution in [0.5, 0.6) is 0 Å². The van der Waals surface area contributed by atoms with Gasteiger partial charge in [0.05, 0.1) is 0 Å². The smallest absolute Gasteiger partial charge is 0.136 e. The molecule has 136 valence electrons. The van der Waals surface area contributed by atoms with Gasteiger partial charge < -0.3 is 4.42 Å². The largest absolute Gasteiger partial charge is 0.456 e. The molecule has 2 aromatic carbocycles. The van der Waals surface area contributed by atoms with Gasteiger partial charge in [0, 0.05) is 10.6 Å². The van der Waals surface area contributed by atoms with Crippen molar-refractivity contribution in [2.45, 2.75) is 40.0 Å². The van der Waals surface area contributed by atoms with Crippen molar-refractivity contribution in [1.29, 1.82) is 0 Å². The average Bonchev–Trinajstić information content (AvgIpc) is 2.95. The molecular formula is C26H26O. The Kier molecular flexibility index (Phi) is 4.61. The van der Waals surface area contributed by atoms with Crippen molar-refractivity contribution in [3.63, 3.8) is 0 Å². The minimum atomic E-state index is 0.884. The molecule has 0 amide bonds. The van der Waals surface area contributed by atoms with Gasteiger partial charge in [-0.15, -0.1) is 0 Å². The van der Waals surface area contributed by atoms with Crippen LogP contribution in [0.1, 0.15) is 54.5 Å². The zero-order chi connectivity index (χ0) is 19.0. The van der Waals surface area contributed by atoms with Crippen LogP contribution in [-0.4, -0.2) is 0 Å². The monoisotopic (exact) mass is 354 g/mol. The highest BCUT2D eigenvalue weighted by molar-refractivity contribution is 5.90. The lowest BCUT2D eigenvalue weighted by molar-refractivity contribution is 0.571. The van der Waals surface area contributed by atoms with E-state index >= 15 is 0 Å². The minimum absolute atomic E-state index is 0.884. The number of benzene rings is 2. The van der Waals surface area contributed by atoms with Crippen molar-refractivity contribution in [2.75, 3.05) is 0 Å². The second-order valence-corrected chi connectivity index (χ2v) is 7.63. The van der Waals surface area contributed by atoms with E-state index in [-0.39, 0.29) is 0 Å². The van der Waals surface area contributed by atoms with Gasteiger partial charge in [0.25, 0.3) is 0 Å². The molecule has 0 N–H and O–H groups in total. The van der Waals surface area contributed by atoms with Crippen LogP contribution in [0.15, 0.2) is 46.9 Å². The van der Waals surface area contributed by atoms with E-state index in [4.69, 9.17) is 4.42 Å². The summed E-state index contributed by atoms with van der Waals surface area (Å²) < 4.78 is 6.25. The van der Waals surface area contributed by atoms with E-state index in [1.807, 2.05) is 0 Å². The number of allylic oxidation sites excluding steroid dienone is 2. The molecule has 0 spiro atoms. The summed E-state index contributed by atoms with van der Waals surface area (Å²) in [6.45, 7) is 10.7. The van der Waals surface area contributed by atoms with Gasteiger partial charge in [-0.3, -0.25) is 0 Å². The number of furan rings is 1. The Hall–Kier alpha value is -2.80. The van der Waals surface area contributed by atoms with Crippen LogP contribution in [0.3, 0.4) is 0 Å². The van der Waals surface area contributed by atoms with E-state index < -0.39 is 0 Å². The van der Waals surface area contributed by atoms with Gasteiger partial charge >= 0.3 is 0 Å². The quantitative estimate of drug-likeness (QED) is 0.571. The van der Waals surface area contributed by atoms with Gasteiger partial charge in [-0.2, -0.15) is 0 Å². The molecular weight excluding hydrogens is 328 g/mol. The van der Waals surface area contributed by atoms with Crippen LogP contribution >= 0.6 is 0 Å². The van der Waals surface area contributed by atoms with Crippen LogP contribution in [0.25, 0.3) is 35.3 Å². The highest BCUT2D eigenvalue weighted by Gasteiger charge is 2.16. The van der Waals surface area contributed by atoms with Crippen LogP contribution in [0.2, 0.25) is 0 Å². The van der Waals surface area contributed by atoms with Crippen LogP contribution in [0, 0.1) is 6.92 Å². The normalized spacial score (nSPS) is 15.8. The summed E-state index contributed by atoms with van der Waals surface area (Å²) in [5.74, 6) is 0. The molecule has 0 atom stereocenters. The van der Waals surface area contributed by atoms with Crippen molar-refractivity contribution in [3.8, 4) is 0 Å². The first kappa shape index (κ1) is 17.6. The molecule has 0 saturated carbocycles. The lowest BCUT2D eigenvalue weighted by Gasteiger charge is -2.14. The van der Waals surface area contributed by atoms with Crippen molar-refractivity contribution >= 4 is 35.3 Å². The minimum Gasteiger partial charge on any atom is -0.456 e. The molecule has 4 rings (SSSR count). The number of rotatable bonds is 2. The molecule has 0 unspecified atom stereocenters. The standard InChI is InChI=1S/C26H26O/c1-17(2)26-19(4)25-23(15-20-12-10-9-11-18(20)3)22-14-8-6-5-7-13-21(22)16-24(25)27-26/h7-14,16H,4-6,15H2,1-3H3/b13-7-,14-8-. The molecule has 1 aliphatic carbocycles. The van der Waals surface area contributed by atoms with E-state index in [2.05, 4.69) is 82.0 Å². The third-order valence-corrected chi connectivity index (χ3v) is 5.42. The number of hydrogen-bond donors (Lipinski definition) is 0. The second-order valence-electron chi connectivity index (χ2n) is 7.63. The molecule has 3 aromatic rings. The molecule has 27 heavy (non-hydrogen) atoms. The fraction of sp³-hybridized carbons (Fsp3) is 0.231. The Balaban J connectivity index is 2.09. The van der Waals surface area contributed by atoms with E-state index in [0.717, 1.165) is 41.1 Å². The number of aryl methyl sites for hydroxylation is 1. The first-order chi connectivity index (χ1) is 13.1. The molecule has 0 radical (unpaired) electrons. The zero-order valence-electron chi connectivity index (χ0n) is 16.4. The molecule has 1 aliphatic rings. The highest BCUT2D eigenvalue weighted by Crippen LogP contribution is 2.30. The van der Waals surface area contributed by atoms with E-state index in [1.165, 1.54) is 33.2 Å². The summed E-state index contributed by atoms with van der Waals surface area (Å²) in [7, 11) is 0. The fourth-order valence-corrected chi connectivity index (χ4v) is 3.97. The van der Waals surface area contributed by atoms with Crippen molar-refractivity contribution in [1.82, 2.24) is 0 Å². The molecule has 1 heteroatoms. The van der Waals surface area contributed by atoms with Gasteiger partial charge in [0.1, 0.15) is 11.0 Å². The van der Waals surface area contributed by atoms with Gasteiger partial charge in [0.2, 0.25) is 0 Å². The third-order valence-electron chi connectivity index (χ3n) is 5.42. The molecule has 0 fully saturated rings. The van der Waals surface area contributed by atoms with Gasteiger partial charge in [-0.1, -0.05) is 55.1 Å². The molecule has 1 aromatic heterocycles. The predicted octanol–water partition coefficient (Wildman–Crippen LogP) is 5.75. The van der Waals surface area contributed by atoms with Crippen molar-refractivity contribution < 1.29 is 4.42 Å². The van der Waals surface area contributed by atoms with Crippen LogP contribution in [0.4, 0.5) is 0 Å². The number of fused-ring (bicyclic) bond motifs is 2. The summed E-state index contributed by atoms with van der Waals surface area (Å²) >= 11 is 0. The third kappa shape index (κ3) is 3.19. The maximum atomic E-state index is 6.25. The predicted molar refractivity (Wildman–Crippen MR) is 117 cm³/mol. The Bertz CT molecular complexity index is 1180. The number of hydrogen-bond acceptors (Lipinski definition) is 1. The van der Waals surface area contributed by atoms with Gasteiger partial charge in [0.15, 0.2) is 0 Å². The Labute approximate surface area is 161 Å².